The van der Waals surface area contributed by atoms with Gasteiger partial charge >= 0.3 is 5.97 Å². The van der Waals surface area contributed by atoms with Crippen molar-refractivity contribution < 1.29 is 9.90 Å². The number of rotatable bonds is 4. The molecule has 2 rings (SSSR count). The summed E-state index contributed by atoms with van der Waals surface area (Å²) in [6.45, 7) is 4.59. The molecule has 1 N–H and O–H groups in total. The zero-order chi connectivity index (χ0) is 13.8. The fraction of sp³-hybridized carbons (Fsp3) is 0.941. The molecular weight excluding hydrogens is 236 g/mol. The first kappa shape index (κ1) is 14.9. The van der Waals surface area contributed by atoms with Crippen molar-refractivity contribution in [1.29, 1.82) is 0 Å². The summed E-state index contributed by atoms with van der Waals surface area (Å²) in [5, 5.41) is 9.51. The van der Waals surface area contributed by atoms with Crippen molar-refractivity contribution in [1.82, 2.24) is 0 Å². The van der Waals surface area contributed by atoms with Crippen LogP contribution < -0.4 is 0 Å². The Morgan fingerprint density at radius 2 is 1.79 bits per heavy atom. The lowest BCUT2D eigenvalue weighted by Gasteiger charge is -2.41. The summed E-state index contributed by atoms with van der Waals surface area (Å²) in [6.07, 6.45) is 11.0. The number of carbonyl (C=O) groups is 1. The summed E-state index contributed by atoms with van der Waals surface area (Å²) in [5.41, 5.74) is 0. The lowest BCUT2D eigenvalue weighted by Crippen LogP contribution is -2.36. The van der Waals surface area contributed by atoms with Gasteiger partial charge in [0.2, 0.25) is 0 Å². The van der Waals surface area contributed by atoms with Crippen molar-refractivity contribution in [2.75, 3.05) is 0 Å². The predicted octanol–water partition coefficient (Wildman–Crippen LogP) is 4.73. The van der Waals surface area contributed by atoms with E-state index in [0.29, 0.717) is 11.8 Å². The number of hydrogen-bond donors (Lipinski definition) is 1. The van der Waals surface area contributed by atoms with E-state index in [1.165, 1.54) is 44.9 Å². The molecule has 0 radical (unpaired) electrons. The normalized spacial score (nSPS) is 40.0. The van der Waals surface area contributed by atoms with Crippen molar-refractivity contribution in [3.05, 3.63) is 0 Å². The van der Waals surface area contributed by atoms with E-state index in [2.05, 4.69) is 13.8 Å². The summed E-state index contributed by atoms with van der Waals surface area (Å²) >= 11 is 0. The second-order valence-corrected chi connectivity index (χ2v) is 7.10. The Hall–Kier alpha value is -0.530. The fourth-order valence-corrected chi connectivity index (χ4v) is 4.51. The highest BCUT2D eigenvalue weighted by molar-refractivity contribution is 5.70. The standard InChI is InChI=1S/C17H30O2/c1-3-4-13-7-10-15(17(18)19)16(11-13)14-8-5-12(2)6-9-14/h12-16H,3-11H2,1-2H3,(H,18,19). The molecule has 2 fully saturated rings. The van der Waals surface area contributed by atoms with Crippen LogP contribution in [0.5, 0.6) is 0 Å². The molecule has 3 unspecified atom stereocenters. The number of hydrogen-bond acceptors (Lipinski definition) is 1. The second kappa shape index (κ2) is 6.76. The largest absolute Gasteiger partial charge is 0.481 e. The summed E-state index contributed by atoms with van der Waals surface area (Å²) in [6, 6.07) is 0. The fourth-order valence-electron chi connectivity index (χ4n) is 4.51. The molecule has 3 atom stereocenters. The second-order valence-electron chi connectivity index (χ2n) is 7.10. The molecule has 2 aliphatic rings. The minimum absolute atomic E-state index is 0.0495. The Kier molecular flexibility index (Phi) is 5.29. The van der Waals surface area contributed by atoms with Gasteiger partial charge in [-0.3, -0.25) is 4.79 Å². The van der Waals surface area contributed by atoms with Crippen molar-refractivity contribution >= 4 is 5.97 Å². The monoisotopic (exact) mass is 266 g/mol. The SMILES string of the molecule is CCCC1CCC(C(=O)O)C(C2CCC(C)CC2)C1. The average Bonchev–Trinajstić information content (AvgIpc) is 2.39. The van der Waals surface area contributed by atoms with E-state index in [1.807, 2.05) is 0 Å². The molecule has 0 spiro atoms. The van der Waals surface area contributed by atoms with Crippen molar-refractivity contribution in [3.63, 3.8) is 0 Å². The maximum absolute atomic E-state index is 11.5. The topological polar surface area (TPSA) is 37.3 Å². The van der Waals surface area contributed by atoms with Gasteiger partial charge in [0.25, 0.3) is 0 Å². The molecule has 2 aliphatic carbocycles. The third-order valence-electron chi connectivity index (χ3n) is 5.69. The summed E-state index contributed by atoms with van der Waals surface area (Å²) < 4.78 is 0. The van der Waals surface area contributed by atoms with Crippen LogP contribution in [0.15, 0.2) is 0 Å². The van der Waals surface area contributed by atoms with Gasteiger partial charge in [-0.15, -0.1) is 0 Å². The molecule has 0 aromatic rings. The smallest absolute Gasteiger partial charge is 0.306 e. The van der Waals surface area contributed by atoms with Gasteiger partial charge < -0.3 is 5.11 Å². The first-order chi connectivity index (χ1) is 9.11. The van der Waals surface area contributed by atoms with Gasteiger partial charge in [0.15, 0.2) is 0 Å². The van der Waals surface area contributed by atoms with Crippen LogP contribution in [0.1, 0.15) is 71.6 Å². The molecule has 0 aromatic carbocycles. The molecule has 0 aliphatic heterocycles. The average molecular weight is 266 g/mol. The molecule has 2 saturated carbocycles. The molecule has 0 saturated heterocycles. The van der Waals surface area contributed by atoms with Gasteiger partial charge in [-0.2, -0.15) is 0 Å². The quantitative estimate of drug-likeness (QED) is 0.798. The molecule has 0 heterocycles. The Labute approximate surface area is 118 Å². The maximum atomic E-state index is 11.5. The highest BCUT2D eigenvalue weighted by Crippen LogP contribution is 2.45. The van der Waals surface area contributed by atoms with Crippen LogP contribution in [0.25, 0.3) is 0 Å². The Bertz CT molecular complexity index is 292. The number of aliphatic carboxylic acids is 1. The zero-order valence-electron chi connectivity index (χ0n) is 12.6. The lowest BCUT2D eigenvalue weighted by atomic mass is 9.64. The maximum Gasteiger partial charge on any atom is 0.306 e. The molecule has 2 nitrogen and oxygen atoms in total. The van der Waals surface area contributed by atoms with Gasteiger partial charge in [-0.1, -0.05) is 39.5 Å². The van der Waals surface area contributed by atoms with Crippen LogP contribution in [-0.2, 0) is 4.79 Å². The molecule has 0 bridgehead atoms. The molecule has 2 heteroatoms. The number of carboxylic acids is 1. The molecule has 19 heavy (non-hydrogen) atoms. The Morgan fingerprint density at radius 3 is 2.37 bits per heavy atom. The van der Waals surface area contributed by atoms with Gasteiger partial charge in [0.1, 0.15) is 0 Å². The molecule has 0 aromatic heterocycles. The van der Waals surface area contributed by atoms with Crippen LogP contribution in [0.2, 0.25) is 0 Å². The third kappa shape index (κ3) is 3.73. The van der Waals surface area contributed by atoms with Crippen molar-refractivity contribution in [3.8, 4) is 0 Å². The van der Waals surface area contributed by atoms with Gasteiger partial charge in [-0.25, -0.2) is 0 Å². The third-order valence-corrected chi connectivity index (χ3v) is 5.69. The van der Waals surface area contributed by atoms with E-state index in [1.54, 1.807) is 0 Å². The summed E-state index contributed by atoms with van der Waals surface area (Å²) in [4.78, 5) is 11.5. The van der Waals surface area contributed by atoms with Crippen LogP contribution in [-0.4, -0.2) is 11.1 Å². The minimum Gasteiger partial charge on any atom is -0.481 e. The highest BCUT2D eigenvalue weighted by Gasteiger charge is 2.39. The van der Waals surface area contributed by atoms with Crippen molar-refractivity contribution in [2.45, 2.75) is 71.6 Å². The first-order valence-electron chi connectivity index (χ1n) is 8.34. The van der Waals surface area contributed by atoms with E-state index in [0.717, 1.165) is 24.7 Å². The van der Waals surface area contributed by atoms with Crippen LogP contribution in [0.4, 0.5) is 0 Å². The molecule has 110 valence electrons. The molecular formula is C17H30O2. The summed E-state index contributed by atoms with van der Waals surface area (Å²) in [5.74, 6) is 2.23. The van der Waals surface area contributed by atoms with Crippen LogP contribution >= 0.6 is 0 Å². The van der Waals surface area contributed by atoms with E-state index >= 15 is 0 Å². The van der Waals surface area contributed by atoms with E-state index in [4.69, 9.17) is 0 Å². The predicted molar refractivity (Wildman–Crippen MR) is 78.0 cm³/mol. The van der Waals surface area contributed by atoms with E-state index in [9.17, 15) is 9.90 Å². The van der Waals surface area contributed by atoms with Gasteiger partial charge in [0.05, 0.1) is 5.92 Å². The van der Waals surface area contributed by atoms with E-state index in [-0.39, 0.29) is 5.92 Å². The minimum atomic E-state index is -0.529. The zero-order valence-corrected chi connectivity index (χ0v) is 12.6. The number of carboxylic acid groups (broad SMARTS) is 1. The van der Waals surface area contributed by atoms with Gasteiger partial charge in [0, 0.05) is 0 Å². The highest BCUT2D eigenvalue weighted by atomic mass is 16.4. The Balaban J connectivity index is 2.00. The van der Waals surface area contributed by atoms with Gasteiger partial charge in [-0.05, 0) is 55.8 Å². The van der Waals surface area contributed by atoms with Crippen LogP contribution in [0.3, 0.4) is 0 Å². The lowest BCUT2D eigenvalue weighted by molar-refractivity contribution is -0.147. The van der Waals surface area contributed by atoms with Crippen molar-refractivity contribution in [2.24, 2.45) is 29.6 Å². The summed E-state index contributed by atoms with van der Waals surface area (Å²) in [7, 11) is 0. The van der Waals surface area contributed by atoms with E-state index < -0.39 is 5.97 Å². The Morgan fingerprint density at radius 1 is 1.11 bits per heavy atom. The first-order valence-corrected chi connectivity index (χ1v) is 8.34. The molecule has 0 amide bonds. The van der Waals surface area contributed by atoms with Crippen LogP contribution in [0, 0.1) is 29.6 Å².